The minimum absolute atomic E-state index is 0.0187. The van der Waals surface area contributed by atoms with Crippen LogP contribution in [0.25, 0.3) is 0 Å². The molecular weight excluding hydrogens is 441 g/mol. The van der Waals surface area contributed by atoms with Gasteiger partial charge in [0.1, 0.15) is 11.6 Å². The van der Waals surface area contributed by atoms with Crippen molar-refractivity contribution in [3.63, 3.8) is 0 Å². The Kier molecular flexibility index (Phi) is 6.67. The van der Waals surface area contributed by atoms with Gasteiger partial charge in [-0.25, -0.2) is 14.4 Å². The summed E-state index contributed by atoms with van der Waals surface area (Å²) in [4.78, 5) is 20.3. The maximum Gasteiger partial charge on any atom is 0.306 e. The molecular formula is C22H21ClFN3O3S. The van der Waals surface area contributed by atoms with Gasteiger partial charge in [0.15, 0.2) is 16.7 Å². The van der Waals surface area contributed by atoms with Crippen molar-refractivity contribution < 1.29 is 19.0 Å². The van der Waals surface area contributed by atoms with E-state index in [1.165, 1.54) is 23.5 Å². The molecule has 2 heterocycles. The van der Waals surface area contributed by atoms with E-state index in [2.05, 4.69) is 15.3 Å². The maximum atomic E-state index is 14.3. The summed E-state index contributed by atoms with van der Waals surface area (Å²) >= 11 is 7.30. The first-order chi connectivity index (χ1) is 15.0. The molecule has 4 rings (SSSR count). The van der Waals surface area contributed by atoms with Crippen molar-refractivity contribution >= 4 is 39.9 Å². The highest BCUT2D eigenvalue weighted by Crippen LogP contribution is 2.34. The number of anilines is 2. The van der Waals surface area contributed by atoms with Gasteiger partial charge in [-0.15, -0.1) is 11.3 Å². The highest BCUT2D eigenvalue weighted by molar-refractivity contribution is 7.13. The zero-order valence-electron chi connectivity index (χ0n) is 16.6. The lowest BCUT2D eigenvalue weighted by atomic mass is 9.79. The van der Waals surface area contributed by atoms with Crippen LogP contribution in [0, 0.1) is 17.7 Å². The molecule has 1 aromatic carbocycles. The standard InChI is InChI=1S/C22H21ClFN3O3S/c23-17-5-2-6-18(20(17)24)30-16-11-15(10-13-3-1-4-14(9-13)21(28)29)26-19(12-16)27-22-25-7-8-31-22/h2,5-8,11-14H,1,3-4,9-10H2,(H,28,29)(H,25,26,27). The Labute approximate surface area is 188 Å². The molecule has 2 aromatic heterocycles. The molecule has 1 saturated carbocycles. The molecule has 0 saturated heterocycles. The fourth-order valence-corrected chi connectivity index (χ4v) is 4.57. The largest absolute Gasteiger partial charge is 0.481 e. The normalized spacial score (nSPS) is 18.5. The Morgan fingerprint density at radius 2 is 2.23 bits per heavy atom. The van der Waals surface area contributed by atoms with Gasteiger partial charge in [-0.05, 0) is 37.3 Å². The van der Waals surface area contributed by atoms with Crippen LogP contribution < -0.4 is 10.1 Å². The predicted molar refractivity (Wildman–Crippen MR) is 118 cm³/mol. The number of ether oxygens (including phenoxy) is 1. The van der Waals surface area contributed by atoms with E-state index < -0.39 is 11.8 Å². The molecule has 2 N–H and O–H groups in total. The number of rotatable bonds is 7. The second kappa shape index (κ2) is 9.62. The Hall–Kier alpha value is -2.71. The van der Waals surface area contributed by atoms with E-state index in [0.717, 1.165) is 18.5 Å². The summed E-state index contributed by atoms with van der Waals surface area (Å²) in [5.41, 5.74) is 0.745. The molecule has 3 aromatic rings. The van der Waals surface area contributed by atoms with E-state index in [1.54, 1.807) is 24.4 Å². The fourth-order valence-electron chi connectivity index (χ4n) is 3.87. The van der Waals surface area contributed by atoms with Crippen LogP contribution in [0.4, 0.5) is 15.3 Å². The van der Waals surface area contributed by atoms with Crippen LogP contribution in [-0.2, 0) is 11.2 Å². The number of benzene rings is 1. The number of carboxylic acids is 1. The SMILES string of the molecule is O=C(O)C1CCCC(Cc2cc(Oc3cccc(Cl)c3F)cc(Nc3nccs3)n2)C1. The Balaban J connectivity index is 1.59. The van der Waals surface area contributed by atoms with Gasteiger partial charge in [-0.3, -0.25) is 4.79 Å². The number of nitrogens with one attached hydrogen (secondary N) is 1. The Morgan fingerprint density at radius 3 is 3.00 bits per heavy atom. The summed E-state index contributed by atoms with van der Waals surface area (Å²) in [6, 6.07) is 8.02. The molecule has 0 aliphatic heterocycles. The van der Waals surface area contributed by atoms with Crippen LogP contribution in [0.15, 0.2) is 41.9 Å². The topological polar surface area (TPSA) is 84.3 Å². The summed E-state index contributed by atoms with van der Waals surface area (Å²) in [5, 5.41) is 15.0. The van der Waals surface area contributed by atoms with Crippen molar-refractivity contribution in [3.05, 3.63) is 58.4 Å². The lowest BCUT2D eigenvalue weighted by Gasteiger charge is -2.26. The number of hydrogen-bond acceptors (Lipinski definition) is 6. The van der Waals surface area contributed by atoms with E-state index >= 15 is 0 Å². The minimum Gasteiger partial charge on any atom is -0.481 e. The second-order valence-electron chi connectivity index (χ2n) is 7.57. The van der Waals surface area contributed by atoms with Gasteiger partial charge < -0.3 is 15.2 Å². The van der Waals surface area contributed by atoms with Gasteiger partial charge in [0.25, 0.3) is 0 Å². The van der Waals surface area contributed by atoms with Crippen molar-refractivity contribution in [2.45, 2.75) is 32.1 Å². The van der Waals surface area contributed by atoms with Gasteiger partial charge in [0.2, 0.25) is 0 Å². The maximum absolute atomic E-state index is 14.3. The van der Waals surface area contributed by atoms with Crippen LogP contribution in [0.1, 0.15) is 31.4 Å². The Bertz CT molecular complexity index is 1060. The first-order valence-electron chi connectivity index (χ1n) is 10.00. The van der Waals surface area contributed by atoms with Crippen molar-refractivity contribution in [1.82, 2.24) is 9.97 Å². The summed E-state index contributed by atoms with van der Waals surface area (Å²) in [6.07, 6.45) is 5.48. The minimum atomic E-state index is -0.739. The quantitative estimate of drug-likeness (QED) is 0.429. The number of carboxylic acid groups (broad SMARTS) is 1. The number of pyridine rings is 1. The highest BCUT2D eigenvalue weighted by atomic mass is 35.5. The molecule has 1 fully saturated rings. The van der Waals surface area contributed by atoms with Crippen LogP contribution >= 0.6 is 22.9 Å². The van der Waals surface area contributed by atoms with E-state index in [1.807, 2.05) is 5.38 Å². The number of halogens is 2. The molecule has 2 unspecified atom stereocenters. The molecule has 162 valence electrons. The molecule has 0 amide bonds. The number of aliphatic carboxylic acids is 1. The van der Waals surface area contributed by atoms with Gasteiger partial charge in [0, 0.05) is 29.4 Å². The molecule has 1 aliphatic carbocycles. The number of aromatic nitrogens is 2. The summed E-state index contributed by atoms with van der Waals surface area (Å²) in [6.45, 7) is 0. The third-order valence-electron chi connectivity index (χ3n) is 5.29. The van der Waals surface area contributed by atoms with E-state index in [4.69, 9.17) is 16.3 Å². The molecule has 0 bridgehead atoms. The van der Waals surface area contributed by atoms with E-state index in [0.29, 0.717) is 36.0 Å². The van der Waals surface area contributed by atoms with Crippen LogP contribution in [0.5, 0.6) is 11.5 Å². The van der Waals surface area contributed by atoms with Crippen LogP contribution in [0.2, 0.25) is 5.02 Å². The molecule has 1 aliphatic rings. The zero-order chi connectivity index (χ0) is 21.8. The molecule has 6 nitrogen and oxygen atoms in total. The van der Waals surface area contributed by atoms with Crippen molar-refractivity contribution in [2.75, 3.05) is 5.32 Å². The number of thiazole rings is 1. The average molecular weight is 462 g/mol. The average Bonchev–Trinajstić information content (AvgIpc) is 3.24. The molecule has 31 heavy (non-hydrogen) atoms. The first kappa shape index (κ1) is 21.5. The zero-order valence-corrected chi connectivity index (χ0v) is 18.1. The molecule has 0 radical (unpaired) electrons. The van der Waals surface area contributed by atoms with Crippen molar-refractivity contribution in [2.24, 2.45) is 11.8 Å². The molecule has 2 atom stereocenters. The van der Waals surface area contributed by atoms with E-state index in [9.17, 15) is 14.3 Å². The van der Waals surface area contributed by atoms with Gasteiger partial charge >= 0.3 is 5.97 Å². The van der Waals surface area contributed by atoms with Gasteiger partial charge in [0.05, 0.1) is 10.9 Å². The Morgan fingerprint density at radius 1 is 1.35 bits per heavy atom. The molecule has 9 heteroatoms. The third-order valence-corrected chi connectivity index (χ3v) is 6.27. The van der Waals surface area contributed by atoms with Crippen LogP contribution in [0.3, 0.4) is 0 Å². The number of nitrogens with zero attached hydrogens (tertiary/aromatic N) is 2. The van der Waals surface area contributed by atoms with Crippen LogP contribution in [-0.4, -0.2) is 21.0 Å². The van der Waals surface area contributed by atoms with E-state index in [-0.39, 0.29) is 22.6 Å². The van der Waals surface area contributed by atoms with Gasteiger partial charge in [-0.1, -0.05) is 30.5 Å². The van der Waals surface area contributed by atoms with Gasteiger partial charge in [-0.2, -0.15) is 0 Å². The predicted octanol–water partition coefficient (Wildman–Crippen LogP) is 6.30. The third kappa shape index (κ3) is 5.51. The summed E-state index contributed by atoms with van der Waals surface area (Å²) in [7, 11) is 0. The smallest absolute Gasteiger partial charge is 0.306 e. The van der Waals surface area contributed by atoms with Crippen molar-refractivity contribution in [3.8, 4) is 11.5 Å². The number of carbonyl (C=O) groups is 1. The lowest BCUT2D eigenvalue weighted by molar-refractivity contribution is -0.143. The molecule has 0 spiro atoms. The fraction of sp³-hybridized carbons (Fsp3) is 0.318. The lowest BCUT2D eigenvalue weighted by Crippen LogP contribution is -2.24. The van der Waals surface area contributed by atoms with Crippen molar-refractivity contribution in [1.29, 1.82) is 0 Å². The monoisotopic (exact) mass is 461 g/mol. The number of hydrogen-bond donors (Lipinski definition) is 2. The summed E-state index contributed by atoms with van der Waals surface area (Å²) < 4.78 is 20.1. The first-order valence-corrected chi connectivity index (χ1v) is 11.3. The summed E-state index contributed by atoms with van der Waals surface area (Å²) in [5.74, 6) is -0.509. The highest BCUT2D eigenvalue weighted by Gasteiger charge is 2.27. The second-order valence-corrected chi connectivity index (χ2v) is 8.87.